The molecule has 0 saturated carbocycles. The third-order valence-corrected chi connectivity index (χ3v) is 5.48. The van der Waals surface area contributed by atoms with Gasteiger partial charge in [0.15, 0.2) is 0 Å². The van der Waals surface area contributed by atoms with Crippen molar-refractivity contribution >= 4 is 17.8 Å². The van der Waals surface area contributed by atoms with E-state index in [4.69, 9.17) is 0 Å². The van der Waals surface area contributed by atoms with Crippen molar-refractivity contribution < 1.29 is 9.18 Å². The summed E-state index contributed by atoms with van der Waals surface area (Å²) in [5.74, 6) is -0.435. The van der Waals surface area contributed by atoms with Gasteiger partial charge >= 0.3 is 0 Å². The standard InChI is InChI=1S/C22H26FN3O/c1-14-9-20-19(15(2)12-22(3,4)26(20)5)11-17(14)13-24-25-21(27)16-7-6-8-18(23)10-16/h6-11,13,15H,12H2,1-5H3,(H,25,27)/b24-13+. The second-order valence-corrected chi connectivity index (χ2v) is 7.95. The predicted molar refractivity (Wildman–Crippen MR) is 108 cm³/mol. The Morgan fingerprint density at radius 1 is 1.33 bits per heavy atom. The fourth-order valence-electron chi connectivity index (χ4n) is 3.73. The average molecular weight is 367 g/mol. The smallest absolute Gasteiger partial charge is 0.271 e. The molecule has 4 nitrogen and oxygen atoms in total. The lowest BCUT2D eigenvalue weighted by Crippen LogP contribution is -2.45. The van der Waals surface area contributed by atoms with Gasteiger partial charge in [0.1, 0.15) is 5.82 Å². The molecule has 1 unspecified atom stereocenters. The molecule has 1 heterocycles. The van der Waals surface area contributed by atoms with Crippen LogP contribution in [0.15, 0.2) is 41.5 Å². The van der Waals surface area contributed by atoms with Crippen molar-refractivity contribution in [2.24, 2.45) is 5.10 Å². The lowest BCUT2D eigenvalue weighted by atomic mass is 9.79. The summed E-state index contributed by atoms with van der Waals surface area (Å²) in [6.07, 6.45) is 2.73. The van der Waals surface area contributed by atoms with Crippen molar-refractivity contribution in [3.05, 3.63) is 64.5 Å². The summed E-state index contributed by atoms with van der Waals surface area (Å²) >= 11 is 0. The van der Waals surface area contributed by atoms with Gasteiger partial charge in [0, 0.05) is 23.8 Å². The third-order valence-electron chi connectivity index (χ3n) is 5.48. The molecular weight excluding hydrogens is 341 g/mol. The van der Waals surface area contributed by atoms with E-state index in [-0.39, 0.29) is 11.1 Å². The van der Waals surface area contributed by atoms with E-state index in [2.05, 4.69) is 55.4 Å². The lowest BCUT2D eigenvalue weighted by Gasteiger charge is -2.45. The Bertz CT molecular complexity index is 904. The lowest BCUT2D eigenvalue weighted by molar-refractivity contribution is 0.0954. The molecule has 27 heavy (non-hydrogen) atoms. The summed E-state index contributed by atoms with van der Waals surface area (Å²) in [5, 5.41) is 4.07. The Morgan fingerprint density at radius 2 is 2.07 bits per heavy atom. The van der Waals surface area contributed by atoms with Gasteiger partial charge in [0.2, 0.25) is 0 Å². The Kier molecular flexibility index (Phi) is 5.05. The van der Waals surface area contributed by atoms with E-state index in [0.29, 0.717) is 5.92 Å². The number of hydrogen-bond acceptors (Lipinski definition) is 3. The zero-order chi connectivity index (χ0) is 19.8. The predicted octanol–water partition coefficient (Wildman–Crippen LogP) is 4.62. The molecule has 5 heteroatoms. The molecule has 2 aromatic rings. The number of carbonyl (C=O) groups excluding carboxylic acids is 1. The highest BCUT2D eigenvalue weighted by Crippen LogP contribution is 2.43. The van der Waals surface area contributed by atoms with Gasteiger partial charge < -0.3 is 4.90 Å². The minimum absolute atomic E-state index is 0.118. The van der Waals surface area contributed by atoms with Crippen LogP contribution in [0.3, 0.4) is 0 Å². The number of hydrazone groups is 1. The normalized spacial score (nSPS) is 18.4. The fourth-order valence-corrected chi connectivity index (χ4v) is 3.73. The van der Waals surface area contributed by atoms with Gasteiger partial charge in [0.25, 0.3) is 5.91 Å². The monoisotopic (exact) mass is 367 g/mol. The van der Waals surface area contributed by atoms with Gasteiger partial charge in [-0.1, -0.05) is 13.0 Å². The zero-order valence-corrected chi connectivity index (χ0v) is 16.5. The first-order chi connectivity index (χ1) is 12.7. The first-order valence-electron chi connectivity index (χ1n) is 9.16. The Morgan fingerprint density at radius 3 is 2.78 bits per heavy atom. The molecule has 0 aliphatic carbocycles. The van der Waals surface area contributed by atoms with Crippen LogP contribution in [0, 0.1) is 12.7 Å². The van der Waals surface area contributed by atoms with Gasteiger partial charge in [-0.15, -0.1) is 0 Å². The van der Waals surface area contributed by atoms with Crippen LogP contribution in [0.5, 0.6) is 0 Å². The molecule has 3 rings (SSSR count). The Balaban J connectivity index is 1.81. The number of rotatable bonds is 3. The molecule has 1 amide bonds. The molecule has 0 aromatic heterocycles. The molecule has 2 aromatic carbocycles. The van der Waals surface area contributed by atoms with E-state index in [0.717, 1.165) is 17.5 Å². The van der Waals surface area contributed by atoms with Crippen LogP contribution in [0.4, 0.5) is 10.1 Å². The van der Waals surface area contributed by atoms with Gasteiger partial charge in [-0.25, -0.2) is 9.82 Å². The summed E-state index contributed by atoms with van der Waals surface area (Å²) in [4.78, 5) is 14.4. The molecule has 0 spiro atoms. The minimum Gasteiger partial charge on any atom is -0.369 e. The third kappa shape index (κ3) is 3.87. The fraction of sp³-hybridized carbons (Fsp3) is 0.364. The number of aryl methyl sites for hydroxylation is 1. The molecule has 1 atom stereocenters. The van der Waals surface area contributed by atoms with E-state index in [9.17, 15) is 9.18 Å². The summed E-state index contributed by atoms with van der Waals surface area (Å²) in [5.41, 5.74) is 7.43. The number of nitrogens with one attached hydrogen (secondary N) is 1. The maximum absolute atomic E-state index is 13.2. The number of anilines is 1. The maximum atomic E-state index is 13.2. The second kappa shape index (κ2) is 7.14. The Labute approximate surface area is 160 Å². The van der Waals surface area contributed by atoms with Crippen LogP contribution in [-0.2, 0) is 0 Å². The van der Waals surface area contributed by atoms with Crippen molar-refractivity contribution in [2.45, 2.75) is 45.6 Å². The zero-order valence-electron chi connectivity index (χ0n) is 16.5. The largest absolute Gasteiger partial charge is 0.369 e. The number of carbonyl (C=O) groups is 1. The van der Waals surface area contributed by atoms with E-state index in [1.807, 2.05) is 6.92 Å². The highest BCUT2D eigenvalue weighted by molar-refractivity contribution is 5.95. The topological polar surface area (TPSA) is 44.7 Å². The highest BCUT2D eigenvalue weighted by Gasteiger charge is 2.34. The van der Waals surface area contributed by atoms with Crippen molar-refractivity contribution in [1.82, 2.24) is 5.43 Å². The van der Waals surface area contributed by atoms with Crippen LogP contribution in [0.1, 0.15) is 60.2 Å². The van der Waals surface area contributed by atoms with E-state index in [1.54, 1.807) is 12.3 Å². The number of nitrogens with zero attached hydrogens (tertiary/aromatic N) is 2. The SMILES string of the molecule is Cc1cc2c(cc1/C=N/NC(=O)c1cccc(F)c1)C(C)CC(C)(C)N2C. The molecule has 1 aliphatic rings. The second-order valence-electron chi connectivity index (χ2n) is 7.95. The van der Waals surface area contributed by atoms with Crippen LogP contribution in [0.25, 0.3) is 0 Å². The first-order valence-corrected chi connectivity index (χ1v) is 9.16. The maximum Gasteiger partial charge on any atom is 0.271 e. The van der Waals surface area contributed by atoms with Crippen LogP contribution >= 0.6 is 0 Å². The molecule has 1 N–H and O–H groups in total. The number of fused-ring (bicyclic) bond motifs is 1. The minimum atomic E-state index is -0.446. The van der Waals surface area contributed by atoms with Gasteiger partial charge in [-0.2, -0.15) is 5.10 Å². The molecule has 1 aliphatic heterocycles. The molecular formula is C22H26FN3O. The molecule has 0 radical (unpaired) electrons. The quantitative estimate of drug-likeness (QED) is 0.635. The van der Waals surface area contributed by atoms with Gasteiger partial charge in [-0.05, 0) is 80.1 Å². The van der Waals surface area contributed by atoms with E-state index >= 15 is 0 Å². The number of halogens is 1. The van der Waals surface area contributed by atoms with Crippen molar-refractivity contribution in [3.8, 4) is 0 Å². The Hall–Kier alpha value is -2.69. The molecule has 0 saturated heterocycles. The number of amides is 1. The van der Waals surface area contributed by atoms with Gasteiger partial charge in [0.05, 0.1) is 6.21 Å². The van der Waals surface area contributed by atoms with Crippen LogP contribution in [-0.4, -0.2) is 24.7 Å². The summed E-state index contributed by atoms with van der Waals surface area (Å²) < 4.78 is 13.2. The number of benzene rings is 2. The summed E-state index contributed by atoms with van der Waals surface area (Å²) in [7, 11) is 2.14. The molecule has 0 fully saturated rings. The molecule has 0 bridgehead atoms. The van der Waals surface area contributed by atoms with Crippen molar-refractivity contribution in [2.75, 3.05) is 11.9 Å². The first kappa shape index (κ1) is 19.1. The van der Waals surface area contributed by atoms with Gasteiger partial charge in [-0.3, -0.25) is 4.79 Å². The van der Waals surface area contributed by atoms with Crippen molar-refractivity contribution in [1.29, 1.82) is 0 Å². The molecule has 142 valence electrons. The summed E-state index contributed by atoms with van der Waals surface area (Å²) in [6.45, 7) is 8.81. The average Bonchev–Trinajstić information content (AvgIpc) is 2.60. The van der Waals surface area contributed by atoms with Crippen molar-refractivity contribution in [3.63, 3.8) is 0 Å². The van der Waals surface area contributed by atoms with E-state index in [1.165, 1.54) is 29.4 Å². The van der Waals surface area contributed by atoms with E-state index < -0.39 is 11.7 Å². The highest BCUT2D eigenvalue weighted by atomic mass is 19.1. The van der Waals surface area contributed by atoms with Crippen LogP contribution in [0.2, 0.25) is 0 Å². The number of hydrogen-bond donors (Lipinski definition) is 1. The van der Waals surface area contributed by atoms with Crippen LogP contribution < -0.4 is 10.3 Å². The summed E-state index contributed by atoms with van der Waals surface area (Å²) in [6, 6.07) is 9.88.